The van der Waals surface area contributed by atoms with Crippen LogP contribution in [0.4, 0.5) is 5.82 Å². The lowest BCUT2D eigenvalue weighted by Crippen LogP contribution is -2.42. The molecule has 1 atom stereocenters. The first-order valence-electron chi connectivity index (χ1n) is 12.6. The summed E-state index contributed by atoms with van der Waals surface area (Å²) in [6, 6.07) is 2.95. The molecule has 0 saturated carbocycles. The maximum atomic E-state index is 6.21. The van der Waals surface area contributed by atoms with E-state index in [9.17, 15) is 0 Å². The van der Waals surface area contributed by atoms with E-state index < -0.39 is 0 Å². The quantitative estimate of drug-likeness (QED) is 0.587. The lowest BCUT2D eigenvalue weighted by Gasteiger charge is -2.37. The monoisotopic (exact) mass is 462 g/mol. The van der Waals surface area contributed by atoms with Gasteiger partial charge in [-0.25, -0.2) is 19.6 Å². The zero-order valence-corrected chi connectivity index (χ0v) is 20.4. The second-order valence-electron chi connectivity index (χ2n) is 10.2. The van der Waals surface area contributed by atoms with E-state index in [-0.39, 0.29) is 6.04 Å². The maximum Gasteiger partial charge on any atom is 0.178 e. The van der Waals surface area contributed by atoms with E-state index in [1.54, 1.807) is 6.33 Å². The fraction of sp³-hybridized carbons (Fsp3) is 0.600. The Balaban J connectivity index is 1.31. The van der Waals surface area contributed by atoms with Crippen LogP contribution in [0.15, 0.2) is 24.8 Å². The molecule has 3 aliphatic rings. The third-order valence-electron chi connectivity index (χ3n) is 7.65. The van der Waals surface area contributed by atoms with Crippen LogP contribution in [0.3, 0.4) is 0 Å². The van der Waals surface area contributed by atoms with Crippen molar-refractivity contribution < 1.29 is 4.74 Å². The van der Waals surface area contributed by atoms with E-state index in [1.807, 2.05) is 10.9 Å². The number of aromatic nitrogens is 6. The van der Waals surface area contributed by atoms with Crippen LogP contribution in [0.1, 0.15) is 45.6 Å². The van der Waals surface area contributed by atoms with Gasteiger partial charge in [0.25, 0.3) is 0 Å². The summed E-state index contributed by atoms with van der Waals surface area (Å²) in [6.07, 6.45) is 10.7. The average molecular weight is 463 g/mol. The molecule has 0 aliphatic carbocycles. The third kappa shape index (κ3) is 3.76. The molecule has 3 aliphatic heterocycles. The Morgan fingerprint density at radius 1 is 1.03 bits per heavy atom. The molecule has 9 heteroatoms. The van der Waals surface area contributed by atoms with Gasteiger partial charge in [0.15, 0.2) is 5.82 Å². The van der Waals surface area contributed by atoms with E-state index in [4.69, 9.17) is 14.7 Å². The van der Waals surface area contributed by atoms with Gasteiger partial charge in [0, 0.05) is 37.1 Å². The van der Waals surface area contributed by atoms with Crippen molar-refractivity contribution >= 4 is 5.82 Å². The SMILES string of the molecule is CC(C)n1ncnc1-c1cn2c(n1)-c1cnc(N3CCCC3C3CCN(C)CC3)cc1OCC2. The molecule has 34 heavy (non-hydrogen) atoms. The Morgan fingerprint density at radius 2 is 1.88 bits per heavy atom. The highest BCUT2D eigenvalue weighted by atomic mass is 16.5. The number of fused-ring (bicyclic) bond motifs is 3. The minimum atomic E-state index is 0.219. The van der Waals surface area contributed by atoms with E-state index >= 15 is 0 Å². The second-order valence-corrected chi connectivity index (χ2v) is 10.2. The summed E-state index contributed by atoms with van der Waals surface area (Å²) < 4.78 is 10.3. The Kier molecular flexibility index (Phi) is 5.51. The Bertz CT molecular complexity index is 1160. The van der Waals surface area contributed by atoms with E-state index in [0.29, 0.717) is 12.6 Å². The highest BCUT2D eigenvalue weighted by molar-refractivity contribution is 5.69. The van der Waals surface area contributed by atoms with Crippen LogP contribution in [0, 0.1) is 5.92 Å². The number of pyridine rings is 1. The van der Waals surface area contributed by atoms with Gasteiger partial charge in [0.1, 0.15) is 36.0 Å². The molecule has 0 amide bonds. The lowest BCUT2D eigenvalue weighted by molar-refractivity contribution is 0.198. The van der Waals surface area contributed by atoms with Gasteiger partial charge in [0.05, 0.1) is 12.1 Å². The smallest absolute Gasteiger partial charge is 0.178 e. The summed E-state index contributed by atoms with van der Waals surface area (Å²) in [4.78, 5) is 19.4. The minimum Gasteiger partial charge on any atom is -0.491 e. The first-order valence-corrected chi connectivity index (χ1v) is 12.6. The van der Waals surface area contributed by atoms with Crippen LogP contribution in [-0.2, 0) is 6.54 Å². The highest BCUT2D eigenvalue weighted by Gasteiger charge is 2.34. The first-order chi connectivity index (χ1) is 16.6. The van der Waals surface area contributed by atoms with Gasteiger partial charge >= 0.3 is 0 Å². The van der Waals surface area contributed by atoms with Crippen molar-refractivity contribution in [1.82, 2.24) is 34.2 Å². The van der Waals surface area contributed by atoms with Gasteiger partial charge < -0.3 is 19.1 Å². The topological polar surface area (TPSA) is 77.1 Å². The Hall–Kier alpha value is -2.94. The molecule has 180 valence electrons. The molecule has 6 heterocycles. The van der Waals surface area contributed by atoms with Crippen molar-refractivity contribution in [2.45, 2.75) is 58.2 Å². The minimum absolute atomic E-state index is 0.219. The number of imidazole rings is 1. The molecule has 0 spiro atoms. The molecule has 0 aromatic carbocycles. The fourth-order valence-electron chi connectivity index (χ4n) is 5.83. The summed E-state index contributed by atoms with van der Waals surface area (Å²) in [5.74, 6) is 4.34. The summed E-state index contributed by atoms with van der Waals surface area (Å²) >= 11 is 0. The van der Waals surface area contributed by atoms with Crippen molar-refractivity contribution in [3.63, 3.8) is 0 Å². The molecule has 2 fully saturated rings. The zero-order valence-electron chi connectivity index (χ0n) is 20.4. The number of likely N-dealkylation sites (tertiary alicyclic amines) is 1. The second kappa shape index (κ2) is 8.69. The van der Waals surface area contributed by atoms with Crippen molar-refractivity contribution in [3.05, 3.63) is 24.8 Å². The number of hydrogen-bond acceptors (Lipinski definition) is 7. The molecule has 2 saturated heterocycles. The largest absolute Gasteiger partial charge is 0.491 e. The van der Waals surface area contributed by atoms with Gasteiger partial charge in [-0.1, -0.05) is 0 Å². The maximum absolute atomic E-state index is 6.21. The number of piperidine rings is 1. The zero-order chi connectivity index (χ0) is 23.2. The van der Waals surface area contributed by atoms with Gasteiger partial charge in [0.2, 0.25) is 0 Å². The van der Waals surface area contributed by atoms with Gasteiger partial charge in [-0.05, 0) is 65.6 Å². The average Bonchev–Trinajstić information content (AvgIpc) is 3.57. The van der Waals surface area contributed by atoms with Crippen molar-refractivity contribution in [1.29, 1.82) is 0 Å². The molecule has 1 unspecified atom stereocenters. The predicted molar refractivity (Wildman–Crippen MR) is 131 cm³/mol. The van der Waals surface area contributed by atoms with E-state index in [2.05, 4.69) is 57.6 Å². The molecular formula is C25H34N8O. The Labute approximate surface area is 200 Å². The van der Waals surface area contributed by atoms with Crippen LogP contribution in [0.2, 0.25) is 0 Å². The summed E-state index contributed by atoms with van der Waals surface area (Å²) in [7, 11) is 2.23. The van der Waals surface area contributed by atoms with Crippen LogP contribution < -0.4 is 9.64 Å². The summed E-state index contributed by atoms with van der Waals surface area (Å²) in [5, 5.41) is 4.38. The molecule has 9 nitrogen and oxygen atoms in total. The number of ether oxygens (including phenoxy) is 1. The van der Waals surface area contributed by atoms with Crippen LogP contribution in [-0.4, -0.2) is 73.5 Å². The highest BCUT2D eigenvalue weighted by Crippen LogP contribution is 2.39. The predicted octanol–water partition coefficient (Wildman–Crippen LogP) is 3.49. The fourth-order valence-corrected chi connectivity index (χ4v) is 5.83. The van der Waals surface area contributed by atoms with E-state index in [1.165, 1.54) is 38.8 Å². The van der Waals surface area contributed by atoms with Crippen LogP contribution in [0.5, 0.6) is 5.75 Å². The molecule has 0 N–H and O–H groups in total. The number of anilines is 1. The van der Waals surface area contributed by atoms with Crippen LogP contribution in [0.25, 0.3) is 22.9 Å². The van der Waals surface area contributed by atoms with Crippen molar-refractivity contribution in [2.75, 3.05) is 38.2 Å². The molecular weight excluding hydrogens is 428 g/mol. The lowest BCUT2D eigenvalue weighted by atomic mass is 9.88. The summed E-state index contributed by atoms with van der Waals surface area (Å²) in [6.45, 7) is 9.03. The van der Waals surface area contributed by atoms with Crippen molar-refractivity contribution in [3.8, 4) is 28.7 Å². The molecule has 3 aromatic heterocycles. The molecule has 3 aromatic rings. The van der Waals surface area contributed by atoms with E-state index in [0.717, 1.165) is 53.5 Å². The van der Waals surface area contributed by atoms with Gasteiger partial charge in [-0.3, -0.25) is 0 Å². The first kappa shape index (κ1) is 21.6. The number of rotatable bonds is 4. The van der Waals surface area contributed by atoms with Crippen LogP contribution >= 0.6 is 0 Å². The Morgan fingerprint density at radius 3 is 2.71 bits per heavy atom. The number of nitrogens with zero attached hydrogens (tertiary/aromatic N) is 8. The third-order valence-corrected chi connectivity index (χ3v) is 7.65. The molecule has 0 radical (unpaired) electrons. The van der Waals surface area contributed by atoms with Crippen molar-refractivity contribution in [2.24, 2.45) is 5.92 Å². The molecule has 0 bridgehead atoms. The summed E-state index contributed by atoms with van der Waals surface area (Å²) in [5.41, 5.74) is 1.78. The standard InChI is InChI=1S/C25H34N8O/c1-17(2)33-25(27-16-28-33)20-15-31-11-12-34-22-13-23(26-14-19(22)24(31)29-20)32-8-4-5-21(32)18-6-9-30(3)10-7-18/h13-18,21H,4-12H2,1-3H3. The molecule has 6 rings (SSSR count). The van der Waals surface area contributed by atoms with Gasteiger partial charge in [-0.15, -0.1) is 0 Å². The normalized spacial score (nSPS) is 21.4. The van der Waals surface area contributed by atoms with Gasteiger partial charge in [-0.2, -0.15) is 5.10 Å². The number of hydrogen-bond donors (Lipinski definition) is 0.